The molecule has 0 aliphatic carbocycles. The zero-order chi connectivity index (χ0) is 29.7. The molecule has 2 heterocycles. The van der Waals surface area contributed by atoms with Gasteiger partial charge in [0.2, 0.25) is 0 Å². The van der Waals surface area contributed by atoms with Crippen LogP contribution < -0.4 is 15.7 Å². The maximum absolute atomic E-state index is 14.1. The van der Waals surface area contributed by atoms with Crippen LogP contribution in [-0.4, -0.2) is 56.4 Å². The van der Waals surface area contributed by atoms with Crippen molar-refractivity contribution < 1.29 is 19.4 Å². The highest BCUT2D eigenvalue weighted by molar-refractivity contribution is 9.10. The summed E-state index contributed by atoms with van der Waals surface area (Å²) in [5, 5.41) is 15.9. The van der Waals surface area contributed by atoms with Crippen molar-refractivity contribution in [3.8, 4) is 5.75 Å². The minimum absolute atomic E-state index is 0.101. The van der Waals surface area contributed by atoms with Crippen molar-refractivity contribution in [2.24, 2.45) is 5.92 Å². The van der Waals surface area contributed by atoms with Gasteiger partial charge in [0.25, 0.3) is 5.91 Å². The standard InChI is InChI=1S/C30H34BrN5O5/c1-19(2)27(34(16-8-15-32-29(38)39)28(37)22-11-13-23(41-4)14-12-22)25-17-24-26(31)20(3)33-36(24)30(40)35(25)18-21-9-6-5-7-10-21/h5-7,9-14,17,19,27,32H,8,15-16,18H2,1-4H3,(H,38,39). The Morgan fingerprint density at radius 3 is 2.41 bits per heavy atom. The maximum atomic E-state index is 14.1. The van der Waals surface area contributed by atoms with Gasteiger partial charge in [0.15, 0.2) is 0 Å². The van der Waals surface area contributed by atoms with E-state index in [1.165, 1.54) is 4.52 Å². The Hall–Kier alpha value is -4.12. The van der Waals surface area contributed by atoms with Crippen LogP contribution >= 0.6 is 15.9 Å². The fraction of sp³-hybridized carbons (Fsp3) is 0.333. The van der Waals surface area contributed by atoms with Crippen molar-refractivity contribution in [3.63, 3.8) is 0 Å². The lowest BCUT2D eigenvalue weighted by atomic mass is 9.96. The van der Waals surface area contributed by atoms with Gasteiger partial charge < -0.3 is 20.1 Å². The summed E-state index contributed by atoms with van der Waals surface area (Å²) in [6.07, 6.45) is -0.737. The summed E-state index contributed by atoms with van der Waals surface area (Å²) in [6, 6.07) is 17.9. The van der Waals surface area contributed by atoms with Crippen LogP contribution in [-0.2, 0) is 6.54 Å². The molecule has 2 aromatic heterocycles. The minimum Gasteiger partial charge on any atom is -0.497 e. The van der Waals surface area contributed by atoms with Gasteiger partial charge in [0.05, 0.1) is 35.4 Å². The van der Waals surface area contributed by atoms with Gasteiger partial charge in [-0.2, -0.15) is 9.61 Å². The number of carboxylic acid groups (broad SMARTS) is 1. The summed E-state index contributed by atoms with van der Waals surface area (Å²) in [5.41, 5.74) is 3.03. The molecule has 4 aromatic rings. The quantitative estimate of drug-likeness (QED) is 0.224. The van der Waals surface area contributed by atoms with Crippen molar-refractivity contribution in [1.29, 1.82) is 0 Å². The molecule has 0 saturated carbocycles. The number of benzene rings is 2. The molecule has 0 fully saturated rings. The van der Waals surface area contributed by atoms with E-state index >= 15 is 0 Å². The van der Waals surface area contributed by atoms with Crippen molar-refractivity contribution in [1.82, 2.24) is 24.4 Å². The number of fused-ring (bicyclic) bond motifs is 1. The minimum atomic E-state index is -1.12. The molecule has 0 radical (unpaired) electrons. The highest BCUT2D eigenvalue weighted by atomic mass is 79.9. The Labute approximate surface area is 246 Å². The monoisotopic (exact) mass is 623 g/mol. The van der Waals surface area contributed by atoms with E-state index < -0.39 is 12.1 Å². The molecule has 0 bridgehead atoms. The number of nitrogens with one attached hydrogen (secondary N) is 1. The number of carbonyl (C=O) groups is 2. The molecular weight excluding hydrogens is 590 g/mol. The molecule has 4 rings (SSSR count). The van der Waals surface area contributed by atoms with Gasteiger partial charge in [-0.3, -0.25) is 9.36 Å². The van der Waals surface area contributed by atoms with Crippen LogP contribution in [0.4, 0.5) is 4.79 Å². The topological polar surface area (TPSA) is 118 Å². The number of amides is 2. The van der Waals surface area contributed by atoms with E-state index in [0.717, 1.165) is 5.56 Å². The van der Waals surface area contributed by atoms with E-state index in [1.807, 2.05) is 57.2 Å². The molecule has 0 aliphatic rings. The van der Waals surface area contributed by atoms with E-state index in [-0.39, 0.29) is 37.1 Å². The third kappa shape index (κ3) is 6.62. The van der Waals surface area contributed by atoms with Crippen LogP contribution in [0.2, 0.25) is 0 Å². The molecule has 41 heavy (non-hydrogen) atoms. The lowest BCUT2D eigenvalue weighted by Crippen LogP contribution is -2.42. The number of halogens is 1. The Bertz CT molecular complexity index is 1580. The SMILES string of the molecule is COc1ccc(C(=O)N(CCCNC(=O)O)C(c2cc3c(Br)c(C)nn3c(=O)n2Cc2ccccc2)C(C)C)cc1. The van der Waals surface area contributed by atoms with Gasteiger partial charge in [0.1, 0.15) is 5.75 Å². The first kappa shape index (κ1) is 29.9. The molecule has 216 valence electrons. The van der Waals surface area contributed by atoms with Crippen LogP contribution in [0.15, 0.2) is 69.9 Å². The smallest absolute Gasteiger partial charge is 0.404 e. The first-order valence-electron chi connectivity index (χ1n) is 13.4. The third-order valence-corrected chi connectivity index (χ3v) is 7.91. The normalized spacial score (nSPS) is 12.0. The zero-order valence-corrected chi connectivity index (χ0v) is 25.1. The number of nitrogens with zero attached hydrogens (tertiary/aromatic N) is 4. The van der Waals surface area contributed by atoms with E-state index in [2.05, 4.69) is 26.3 Å². The summed E-state index contributed by atoms with van der Waals surface area (Å²) in [7, 11) is 1.56. The van der Waals surface area contributed by atoms with Crippen LogP contribution in [0.5, 0.6) is 5.75 Å². The number of rotatable bonds is 11. The Morgan fingerprint density at radius 2 is 1.80 bits per heavy atom. The van der Waals surface area contributed by atoms with E-state index in [0.29, 0.717) is 39.1 Å². The van der Waals surface area contributed by atoms with Crippen molar-refractivity contribution in [2.75, 3.05) is 20.2 Å². The number of hydrogen-bond acceptors (Lipinski definition) is 5. The molecule has 0 saturated heterocycles. The van der Waals surface area contributed by atoms with E-state index in [1.54, 1.807) is 40.8 Å². The predicted molar refractivity (Wildman–Crippen MR) is 160 cm³/mol. The molecular formula is C30H34BrN5O5. The van der Waals surface area contributed by atoms with Crippen molar-refractivity contribution in [2.45, 2.75) is 39.8 Å². The molecule has 2 amide bonds. The van der Waals surface area contributed by atoms with Crippen LogP contribution in [0, 0.1) is 12.8 Å². The van der Waals surface area contributed by atoms with E-state index in [4.69, 9.17) is 9.84 Å². The first-order chi connectivity index (χ1) is 19.6. The second-order valence-corrected chi connectivity index (χ2v) is 10.9. The molecule has 0 spiro atoms. The van der Waals surface area contributed by atoms with Crippen LogP contribution in [0.1, 0.15) is 53.6 Å². The zero-order valence-electron chi connectivity index (χ0n) is 23.5. The maximum Gasteiger partial charge on any atom is 0.404 e. The lowest BCUT2D eigenvalue weighted by Gasteiger charge is -2.36. The largest absolute Gasteiger partial charge is 0.497 e. The van der Waals surface area contributed by atoms with Crippen LogP contribution in [0.3, 0.4) is 0 Å². The first-order valence-corrected chi connectivity index (χ1v) is 14.2. The van der Waals surface area contributed by atoms with Crippen molar-refractivity contribution in [3.05, 3.63) is 98.1 Å². The van der Waals surface area contributed by atoms with Gasteiger partial charge in [-0.15, -0.1) is 0 Å². The number of carbonyl (C=O) groups excluding carboxylic acids is 1. The second-order valence-electron chi connectivity index (χ2n) is 10.1. The fourth-order valence-corrected chi connectivity index (χ4v) is 5.34. The summed E-state index contributed by atoms with van der Waals surface area (Å²) >= 11 is 3.59. The van der Waals surface area contributed by atoms with E-state index in [9.17, 15) is 14.4 Å². The van der Waals surface area contributed by atoms with Gasteiger partial charge in [-0.05, 0) is 71.1 Å². The van der Waals surface area contributed by atoms with Crippen LogP contribution in [0.25, 0.3) is 5.52 Å². The molecule has 11 heteroatoms. The molecule has 10 nitrogen and oxygen atoms in total. The number of hydrogen-bond donors (Lipinski definition) is 2. The highest BCUT2D eigenvalue weighted by Crippen LogP contribution is 2.33. The number of methoxy groups -OCH3 is 1. The summed E-state index contributed by atoms with van der Waals surface area (Å²) in [6.45, 7) is 6.57. The molecule has 1 unspecified atom stereocenters. The van der Waals surface area contributed by atoms with Crippen molar-refractivity contribution >= 4 is 33.4 Å². The average molecular weight is 625 g/mol. The van der Waals surface area contributed by atoms with Gasteiger partial charge in [-0.1, -0.05) is 44.2 Å². The molecule has 0 aliphatic heterocycles. The molecule has 2 N–H and O–H groups in total. The van der Waals surface area contributed by atoms with Gasteiger partial charge in [0, 0.05) is 24.3 Å². The third-order valence-electron chi connectivity index (χ3n) is 6.93. The molecule has 2 aromatic carbocycles. The number of ether oxygens (including phenoxy) is 1. The fourth-order valence-electron chi connectivity index (χ4n) is 4.98. The Balaban J connectivity index is 1.89. The lowest BCUT2D eigenvalue weighted by molar-refractivity contribution is 0.0608. The number of aryl methyl sites for hydroxylation is 1. The number of aromatic nitrogens is 3. The summed E-state index contributed by atoms with van der Waals surface area (Å²) in [4.78, 5) is 40.9. The predicted octanol–water partition coefficient (Wildman–Crippen LogP) is 5.12. The Morgan fingerprint density at radius 1 is 1.12 bits per heavy atom. The second kappa shape index (κ2) is 13.0. The highest BCUT2D eigenvalue weighted by Gasteiger charge is 2.32. The molecule has 1 atom stereocenters. The average Bonchev–Trinajstić information content (AvgIpc) is 3.25. The summed E-state index contributed by atoms with van der Waals surface area (Å²) in [5.74, 6) is 0.294. The van der Waals surface area contributed by atoms with Gasteiger partial charge in [-0.25, -0.2) is 9.59 Å². The Kier molecular flexibility index (Phi) is 9.49. The van der Waals surface area contributed by atoms with Gasteiger partial charge >= 0.3 is 11.8 Å². The summed E-state index contributed by atoms with van der Waals surface area (Å²) < 4.78 is 9.04.